The second-order valence-electron chi connectivity index (χ2n) is 5.93. The molecule has 0 saturated carbocycles. The molecule has 114 valence electrons. The monoisotopic (exact) mass is 291 g/mol. The van der Waals surface area contributed by atoms with Gasteiger partial charge in [-0.25, -0.2) is 4.79 Å². The molecule has 5 nitrogen and oxygen atoms in total. The van der Waals surface area contributed by atoms with Gasteiger partial charge >= 0.3 is 6.09 Å². The number of likely N-dealkylation sites (tertiary alicyclic amines) is 1. The molecule has 0 unspecified atom stereocenters. The van der Waals surface area contributed by atoms with Crippen molar-refractivity contribution in [1.29, 1.82) is 0 Å². The molecule has 1 heterocycles. The summed E-state index contributed by atoms with van der Waals surface area (Å²) >= 11 is 0. The van der Waals surface area contributed by atoms with Gasteiger partial charge < -0.3 is 14.7 Å². The molecule has 1 saturated heterocycles. The van der Waals surface area contributed by atoms with E-state index in [1.807, 2.05) is 19.9 Å². The van der Waals surface area contributed by atoms with Crippen molar-refractivity contribution in [3.8, 4) is 5.75 Å². The maximum Gasteiger partial charge on any atom is 0.407 e. The second-order valence-corrected chi connectivity index (χ2v) is 5.93. The minimum atomic E-state index is -0.885. The van der Waals surface area contributed by atoms with Crippen LogP contribution in [0.2, 0.25) is 0 Å². The highest BCUT2D eigenvalue weighted by Crippen LogP contribution is 2.32. The first-order chi connectivity index (χ1) is 9.94. The van der Waals surface area contributed by atoms with Crippen molar-refractivity contribution >= 4 is 12.4 Å². The second kappa shape index (κ2) is 6.16. The minimum absolute atomic E-state index is 0.0991. The zero-order valence-corrected chi connectivity index (χ0v) is 12.4. The number of carbonyl (C=O) groups is 2. The molecule has 5 heteroatoms. The summed E-state index contributed by atoms with van der Waals surface area (Å²) in [7, 11) is 0. The number of hydrogen-bond acceptors (Lipinski definition) is 3. The molecule has 1 aliphatic heterocycles. The van der Waals surface area contributed by atoms with Crippen molar-refractivity contribution in [2.75, 3.05) is 13.1 Å². The number of amides is 1. The molecule has 2 rings (SSSR count). The van der Waals surface area contributed by atoms with Crippen molar-refractivity contribution in [2.24, 2.45) is 5.92 Å². The summed E-state index contributed by atoms with van der Waals surface area (Å²) in [6.07, 6.45) is 1.64. The predicted octanol–water partition coefficient (Wildman–Crippen LogP) is 3.05. The standard InChI is InChI=1S/C16H21NO4/c1-16(2,13-7-5-9-17(10-13)15(19)20)21-14-8-4-3-6-12(14)11-18/h3-4,6,8,11,13H,5,7,9-10H2,1-2H3,(H,19,20)/t13-/m0/s1. The molecule has 1 amide bonds. The molecule has 1 fully saturated rings. The number of ether oxygens (including phenoxy) is 1. The molecule has 1 aromatic rings. The van der Waals surface area contributed by atoms with Gasteiger partial charge in [-0.05, 0) is 38.8 Å². The van der Waals surface area contributed by atoms with Gasteiger partial charge in [0.2, 0.25) is 0 Å². The van der Waals surface area contributed by atoms with E-state index in [1.54, 1.807) is 18.2 Å². The van der Waals surface area contributed by atoms with Crippen molar-refractivity contribution in [3.63, 3.8) is 0 Å². The summed E-state index contributed by atoms with van der Waals surface area (Å²) < 4.78 is 6.04. The first-order valence-corrected chi connectivity index (χ1v) is 7.15. The van der Waals surface area contributed by atoms with Crippen LogP contribution in [0.15, 0.2) is 24.3 Å². The van der Waals surface area contributed by atoms with Crippen LogP contribution < -0.4 is 4.74 Å². The van der Waals surface area contributed by atoms with Crippen LogP contribution in [0.25, 0.3) is 0 Å². The summed E-state index contributed by atoms with van der Waals surface area (Å²) in [6, 6.07) is 7.09. The van der Waals surface area contributed by atoms with Gasteiger partial charge in [0.15, 0.2) is 6.29 Å². The number of carbonyl (C=O) groups excluding carboxylic acids is 1. The van der Waals surface area contributed by atoms with Crippen molar-refractivity contribution < 1.29 is 19.4 Å². The van der Waals surface area contributed by atoms with E-state index in [-0.39, 0.29) is 5.92 Å². The van der Waals surface area contributed by atoms with Crippen molar-refractivity contribution in [3.05, 3.63) is 29.8 Å². The van der Waals surface area contributed by atoms with Gasteiger partial charge in [-0.1, -0.05) is 12.1 Å². The van der Waals surface area contributed by atoms with E-state index in [9.17, 15) is 9.59 Å². The number of para-hydroxylation sites is 1. The molecule has 21 heavy (non-hydrogen) atoms. The first kappa shape index (κ1) is 15.4. The lowest BCUT2D eigenvalue weighted by atomic mass is 9.84. The highest BCUT2D eigenvalue weighted by molar-refractivity contribution is 5.79. The van der Waals surface area contributed by atoms with Crippen molar-refractivity contribution in [2.45, 2.75) is 32.3 Å². The Morgan fingerprint density at radius 3 is 2.81 bits per heavy atom. The van der Waals surface area contributed by atoms with Gasteiger partial charge in [-0.2, -0.15) is 0 Å². The molecule has 1 N–H and O–H groups in total. The third kappa shape index (κ3) is 3.54. The highest BCUT2D eigenvalue weighted by atomic mass is 16.5. The lowest BCUT2D eigenvalue weighted by Crippen LogP contribution is -2.49. The summed E-state index contributed by atoms with van der Waals surface area (Å²) in [5, 5.41) is 9.13. The number of hydrogen-bond donors (Lipinski definition) is 1. The Labute approximate surface area is 124 Å². The van der Waals surface area contributed by atoms with Crippen LogP contribution in [0, 0.1) is 5.92 Å². The molecule has 1 aromatic carbocycles. The molecule has 1 atom stereocenters. The number of aldehydes is 1. The van der Waals surface area contributed by atoms with Gasteiger partial charge in [0.05, 0.1) is 5.56 Å². The highest BCUT2D eigenvalue weighted by Gasteiger charge is 2.36. The van der Waals surface area contributed by atoms with Crippen LogP contribution in [-0.4, -0.2) is 41.1 Å². The Morgan fingerprint density at radius 2 is 2.14 bits per heavy atom. The van der Waals surface area contributed by atoms with E-state index in [4.69, 9.17) is 9.84 Å². The van der Waals surface area contributed by atoms with Crippen LogP contribution in [0.1, 0.15) is 37.0 Å². The van der Waals surface area contributed by atoms with Gasteiger partial charge in [-0.15, -0.1) is 0 Å². The maximum absolute atomic E-state index is 11.1. The first-order valence-electron chi connectivity index (χ1n) is 7.15. The Hall–Kier alpha value is -2.04. The van der Waals surface area contributed by atoms with Gasteiger partial charge in [0.1, 0.15) is 11.4 Å². The summed E-state index contributed by atoms with van der Waals surface area (Å²) in [6.45, 7) is 4.94. The van der Waals surface area contributed by atoms with E-state index < -0.39 is 11.7 Å². The SMILES string of the molecule is CC(C)(Oc1ccccc1C=O)[C@H]1CCCN(C(=O)O)C1. The Balaban J connectivity index is 2.13. The molecular formula is C16H21NO4. The molecular weight excluding hydrogens is 270 g/mol. The normalized spacial score (nSPS) is 19.1. The molecule has 0 radical (unpaired) electrons. The third-order valence-corrected chi connectivity index (χ3v) is 4.09. The van der Waals surface area contributed by atoms with E-state index in [1.165, 1.54) is 4.90 Å². The third-order valence-electron chi connectivity index (χ3n) is 4.09. The van der Waals surface area contributed by atoms with Crippen molar-refractivity contribution in [1.82, 2.24) is 4.90 Å². The van der Waals surface area contributed by atoms with Crippen LogP contribution in [-0.2, 0) is 0 Å². The summed E-state index contributed by atoms with van der Waals surface area (Å²) in [5.41, 5.74) is -0.0239. The van der Waals surface area contributed by atoms with Gasteiger partial charge in [0, 0.05) is 19.0 Å². The number of rotatable bonds is 4. The average molecular weight is 291 g/mol. The minimum Gasteiger partial charge on any atom is -0.487 e. The van der Waals surface area contributed by atoms with Crippen LogP contribution in [0.4, 0.5) is 4.79 Å². The smallest absolute Gasteiger partial charge is 0.407 e. The predicted molar refractivity (Wildman–Crippen MR) is 78.9 cm³/mol. The Bertz CT molecular complexity index is 527. The fraction of sp³-hybridized carbons (Fsp3) is 0.500. The quantitative estimate of drug-likeness (QED) is 0.866. The maximum atomic E-state index is 11.1. The molecule has 0 aliphatic carbocycles. The molecule has 0 bridgehead atoms. The van der Waals surface area contributed by atoms with E-state index in [0.717, 1.165) is 19.1 Å². The van der Waals surface area contributed by atoms with Crippen LogP contribution in [0.5, 0.6) is 5.75 Å². The molecule has 1 aliphatic rings. The largest absolute Gasteiger partial charge is 0.487 e. The Kier molecular flexibility index (Phi) is 4.50. The van der Waals surface area contributed by atoms with E-state index >= 15 is 0 Å². The lowest BCUT2D eigenvalue weighted by molar-refractivity contribution is 0.00542. The fourth-order valence-corrected chi connectivity index (χ4v) is 2.76. The molecule has 0 aromatic heterocycles. The van der Waals surface area contributed by atoms with Crippen LogP contribution >= 0.6 is 0 Å². The Morgan fingerprint density at radius 1 is 1.43 bits per heavy atom. The lowest BCUT2D eigenvalue weighted by Gasteiger charge is -2.40. The topological polar surface area (TPSA) is 66.8 Å². The summed E-state index contributed by atoms with van der Waals surface area (Å²) in [4.78, 5) is 23.6. The van der Waals surface area contributed by atoms with E-state index in [0.29, 0.717) is 24.4 Å². The number of carboxylic acid groups (broad SMARTS) is 1. The molecule has 0 spiro atoms. The van der Waals surface area contributed by atoms with Crippen LogP contribution in [0.3, 0.4) is 0 Å². The number of piperidine rings is 1. The summed E-state index contributed by atoms with van der Waals surface area (Å²) in [5.74, 6) is 0.645. The zero-order chi connectivity index (χ0) is 15.5. The number of benzene rings is 1. The van der Waals surface area contributed by atoms with Gasteiger partial charge in [0.25, 0.3) is 0 Å². The average Bonchev–Trinajstić information content (AvgIpc) is 2.47. The number of nitrogens with zero attached hydrogens (tertiary/aromatic N) is 1. The fourth-order valence-electron chi connectivity index (χ4n) is 2.76. The van der Waals surface area contributed by atoms with Gasteiger partial charge in [-0.3, -0.25) is 4.79 Å². The van der Waals surface area contributed by atoms with E-state index in [2.05, 4.69) is 0 Å². The zero-order valence-electron chi connectivity index (χ0n) is 12.4.